The van der Waals surface area contributed by atoms with E-state index >= 15 is 4.39 Å². The summed E-state index contributed by atoms with van der Waals surface area (Å²) in [5, 5.41) is 22.5. The van der Waals surface area contributed by atoms with E-state index in [0.717, 1.165) is 25.3 Å². The summed E-state index contributed by atoms with van der Waals surface area (Å²) in [6.45, 7) is 1.13. The molecule has 9 heteroatoms. The number of aliphatic hydroxyl groups is 1. The highest BCUT2D eigenvalue weighted by atomic mass is 19.1. The van der Waals surface area contributed by atoms with Crippen molar-refractivity contribution in [1.29, 1.82) is 0 Å². The zero-order valence-corrected chi connectivity index (χ0v) is 16.6. The van der Waals surface area contributed by atoms with E-state index in [9.17, 15) is 19.8 Å². The number of rotatable bonds is 4. The van der Waals surface area contributed by atoms with Gasteiger partial charge in [0.1, 0.15) is 17.5 Å². The number of aromatic carboxylic acids is 1. The third kappa shape index (κ3) is 2.95. The molecule has 3 heterocycles. The van der Waals surface area contributed by atoms with Gasteiger partial charge in [-0.1, -0.05) is 0 Å². The van der Waals surface area contributed by atoms with Crippen molar-refractivity contribution in [2.24, 2.45) is 5.92 Å². The SMILES string of the molecule is COc1c(N2C[C@@H]3CCC(O)N[C@@H]3C2)c(F)cc2c(=O)c(C(=O)O)cn(C3CC3)c12. The largest absolute Gasteiger partial charge is 0.492 e. The minimum atomic E-state index is -1.33. The third-order valence-corrected chi connectivity index (χ3v) is 6.55. The molecule has 0 spiro atoms. The van der Waals surface area contributed by atoms with Gasteiger partial charge < -0.3 is 24.4 Å². The van der Waals surface area contributed by atoms with E-state index in [1.54, 1.807) is 4.57 Å². The highest BCUT2D eigenvalue weighted by Crippen LogP contribution is 2.45. The van der Waals surface area contributed by atoms with Crippen LogP contribution in [0.25, 0.3) is 10.9 Å². The Hall–Kier alpha value is -2.65. The average molecular weight is 417 g/mol. The maximum atomic E-state index is 15.3. The fourth-order valence-corrected chi connectivity index (χ4v) is 4.96. The zero-order valence-electron chi connectivity index (χ0n) is 16.6. The minimum absolute atomic E-state index is 0.0186. The number of aromatic nitrogens is 1. The Kier molecular flexibility index (Phi) is 4.48. The molecule has 0 bridgehead atoms. The van der Waals surface area contributed by atoms with Crippen molar-refractivity contribution in [3.63, 3.8) is 0 Å². The van der Waals surface area contributed by atoms with Crippen LogP contribution in [0.15, 0.2) is 17.1 Å². The van der Waals surface area contributed by atoms with Crippen molar-refractivity contribution >= 4 is 22.6 Å². The molecule has 160 valence electrons. The number of nitrogens with one attached hydrogen (secondary N) is 1. The highest BCUT2D eigenvalue weighted by molar-refractivity contribution is 5.97. The molecule has 0 amide bonds. The number of anilines is 1. The number of fused-ring (bicyclic) bond motifs is 2. The Balaban J connectivity index is 1.70. The van der Waals surface area contributed by atoms with Gasteiger partial charge in [-0.05, 0) is 37.7 Å². The molecule has 1 aromatic heterocycles. The van der Waals surface area contributed by atoms with Crippen molar-refractivity contribution in [1.82, 2.24) is 9.88 Å². The van der Waals surface area contributed by atoms with Crippen molar-refractivity contribution in [2.45, 2.75) is 44.0 Å². The summed E-state index contributed by atoms with van der Waals surface area (Å²) in [7, 11) is 1.44. The Labute approximate surface area is 171 Å². The fourth-order valence-electron chi connectivity index (χ4n) is 4.96. The Bertz CT molecular complexity index is 1100. The number of halogens is 1. The van der Waals surface area contributed by atoms with Gasteiger partial charge in [-0.15, -0.1) is 0 Å². The van der Waals surface area contributed by atoms with Gasteiger partial charge in [0.05, 0.1) is 18.0 Å². The molecule has 3 atom stereocenters. The van der Waals surface area contributed by atoms with E-state index in [1.807, 2.05) is 4.90 Å². The number of carbonyl (C=O) groups is 1. The lowest BCUT2D eigenvalue weighted by atomic mass is 9.93. The first-order valence-corrected chi connectivity index (χ1v) is 10.3. The number of piperidine rings is 1. The summed E-state index contributed by atoms with van der Waals surface area (Å²) in [4.78, 5) is 26.3. The Morgan fingerprint density at radius 3 is 2.70 bits per heavy atom. The molecule has 2 aliphatic heterocycles. The van der Waals surface area contributed by atoms with Crippen LogP contribution in [-0.4, -0.2) is 53.2 Å². The molecular formula is C21H24FN3O5. The second kappa shape index (κ2) is 6.95. The van der Waals surface area contributed by atoms with Crippen molar-refractivity contribution in [3.05, 3.63) is 33.9 Å². The number of aliphatic hydroxyl groups excluding tert-OH is 1. The van der Waals surface area contributed by atoms with Gasteiger partial charge in [-0.3, -0.25) is 10.1 Å². The fraction of sp³-hybridized carbons (Fsp3) is 0.524. The summed E-state index contributed by atoms with van der Waals surface area (Å²) in [5.74, 6) is -1.40. The summed E-state index contributed by atoms with van der Waals surface area (Å²) in [6.07, 6.45) is 4.04. The molecule has 5 rings (SSSR count). The number of hydrogen-bond donors (Lipinski definition) is 3. The number of carboxylic acid groups (broad SMARTS) is 1. The summed E-state index contributed by atoms with van der Waals surface area (Å²) in [6, 6.07) is 1.26. The molecule has 1 saturated carbocycles. The van der Waals surface area contributed by atoms with Gasteiger partial charge >= 0.3 is 5.97 Å². The van der Waals surface area contributed by atoms with Crippen LogP contribution < -0.4 is 20.4 Å². The zero-order chi connectivity index (χ0) is 21.2. The predicted octanol–water partition coefficient (Wildman–Crippen LogP) is 1.69. The van der Waals surface area contributed by atoms with Gasteiger partial charge in [-0.2, -0.15) is 0 Å². The molecule has 2 aromatic rings. The van der Waals surface area contributed by atoms with Gasteiger partial charge in [0.25, 0.3) is 0 Å². The molecular weight excluding hydrogens is 393 g/mol. The van der Waals surface area contributed by atoms with Gasteiger partial charge in [-0.25, -0.2) is 9.18 Å². The highest BCUT2D eigenvalue weighted by Gasteiger charge is 2.39. The second-order valence-electron chi connectivity index (χ2n) is 8.48. The van der Waals surface area contributed by atoms with Crippen LogP contribution in [0.1, 0.15) is 42.1 Å². The van der Waals surface area contributed by atoms with E-state index in [-0.39, 0.29) is 40.4 Å². The molecule has 30 heavy (non-hydrogen) atoms. The normalized spacial score (nSPS) is 26.1. The van der Waals surface area contributed by atoms with Gasteiger partial charge in [0.15, 0.2) is 11.6 Å². The number of hydrogen-bond acceptors (Lipinski definition) is 6. The van der Waals surface area contributed by atoms with Crippen LogP contribution in [0.4, 0.5) is 10.1 Å². The molecule has 2 saturated heterocycles. The van der Waals surface area contributed by atoms with E-state index in [1.165, 1.54) is 13.3 Å². The van der Waals surface area contributed by atoms with Crippen molar-refractivity contribution < 1.29 is 24.1 Å². The molecule has 8 nitrogen and oxygen atoms in total. The van der Waals surface area contributed by atoms with Crippen LogP contribution in [0.5, 0.6) is 5.75 Å². The number of pyridine rings is 1. The summed E-state index contributed by atoms with van der Waals surface area (Å²) >= 11 is 0. The van der Waals surface area contributed by atoms with Gasteiger partial charge in [0.2, 0.25) is 5.43 Å². The first-order chi connectivity index (χ1) is 14.4. The Morgan fingerprint density at radius 1 is 1.27 bits per heavy atom. The lowest BCUT2D eigenvalue weighted by Crippen LogP contribution is -2.47. The first-order valence-electron chi connectivity index (χ1n) is 10.3. The number of nitrogens with zero attached hydrogens (tertiary/aromatic N) is 2. The maximum Gasteiger partial charge on any atom is 0.341 e. The standard InChI is InChI=1S/C21H24FN3O5/c1-30-20-17-12(19(27)13(21(28)29)8-25(17)11-3-4-11)6-14(22)18(20)24-7-10-2-5-16(26)23-15(10)9-24/h6,8,10-11,15-16,23,26H,2-5,7,9H2,1H3,(H,28,29)/t10-,15+,16?/m0/s1. The number of ether oxygens (including phenoxy) is 1. The van der Waals surface area contributed by atoms with Crippen LogP contribution >= 0.6 is 0 Å². The summed E-state index contributed by atoms with van der Waals surface area (Å²) < 4.78 is 22.7. The Morgan fingerprint density at radius 2 is 2.03 bits per heavy atom. The topological polar surface area (TPSA) is 104 Å². The van der Waals surface area contributed by atoms with Crippen molar-refractivity contribution in [3.8, 4) is 5.75 Å². The monoisotopic (exact) mass is 417 g/mol. The maximum absolute atomic E-state index is 15.3. The first kappa shape index (κ1) is 19.3. The lowest BCUT2D eigenvalue weighted by molar-refractivity contribution is 0.0694. The van der Waals surface area contributed by atoms with E-state index in [2.05, 4.69) is 5.32 Å². The van der Waals surface area contributed by atoms with Crippen LogP contribution in [0, 0.1) is 11.7 Å². The van der Waals surface area contributed by atoms with Crippen LogP contribution in [0.2, 0.25) is 0 Å². The van der Waals surface area contributed by atoms with Gasteiger partial charge in [0, 0.05) is 31.4 Å². The molecule has 1 aromatic carbocycles. The number of methoxy groups -OCH3 is 1. The van der Waals surface area contributed by atoms with E-state index < -0.39 is 23.4 Å². The summed E-state index contributed by atoms with van der Waals surface area (Å²) in [5.41, 5.74) is -0.353. The lowest BCUT2D eigenvalue weighted by Gasteiger charge is -2.29. The molecule has 3 fully saturated rings. The molecule has 1 unspecified atom stereocenters. The predicted molar refractivity (Wildman–Crippen MR) is 108 cm³/mol. The van der Waals surface area contributed by atoms with Crippen LogP contribution in [-0.2, 0) is 0 Å². The number of benzene rings is 1. The quantitative estimate of drug-likeness (QED) is 0.695. The molecule has 0 radical (unpaired) electrons. The second-order valence-corrected chi connectivity index (χ2v) is 8.48. The number of carboxylic acids is 1. The van der Waals surface area contributed by atoms with E-state index in [4.69, 9.17) is 4.74 Å². The molecule has 3 N–H and O–H groups in total. The minimum Gasteiger partial charge on any atom is -0.492 e. The van der Waals surface area contributed by atoms with E-state index in [0.29, 0.717) is 25.0 Å². The molecule has 1 aliphatic carbocycles. The third-order valence-electron chi connectivity index (χ3n) is 6.55. The average Bonchev–Trinajstić information content (AvgIpc) is 3.46. The van der Waals surface area contributed by atoms with Crippen LogP contribution in [0.3, 0.4) is 0 Å². The smallest absolute Gasteiger partial charge is 0.341 e. The van der Waals surface area contributed by atoms with Crippen molar-refractivity contribution in [2.75, 3.05) is 25.1 Å². The molecule has 3 aliphatic rings.